The van der Waals surface area contributed by atoms with Crippen molar-refractivity contribution >= 4 is 0 Å². The van der Waals surface area contributed by atoms with E-state index in [2.05, 4.69) is 20.8 Å². The van der Waals surface area contributed by atoms with Crippen molar-refractivity contribution in [1.29, 1.82) is 0 Å². The fourth-order valence-electron chi connectivity index (χ4n) is 2.86. The highest BCUT2D eigenvalue weighted by atomic mass is 17.2. The second-order valence-corrected chi connectivity index (χ2v) is 6.13. The van der Waals surface area contributed by atoms with Gasteiger partial charge in [0.25, 0.3) is 0 Å². The Morgan fingerprint density at radius 3 is 1.65 bits per heavy atom. The van der Waals surface area contributed by atoms with Crippen molar-refractivity contribution in [2.75, 3.05) is 7.11 Å². The molecule has 0 saturated heterocycles. The summed E-state index contributed by atoms with van der Waals surface area (Å²) in [6.07, 6.45) is 16.5. The fourth-order valence-corrected chi connectivity index (χ4v) is 2.86. The molecule has 20 heavy (non-hydrogen) atoms. The molecule has 2 heteroatoms. The van der Waals surface area contributed by atoms with Crippen LogP contribution in [0.15, 0.2) is 0 Å². The Hall–Kier alpha value is -0.0800. The van der Waals surface area contributed by atoms with E-state index in [-0.39, 0.29) is 6.10 Å². The highest BCUT2D eigenvalue weighted by molar-refractivity contribution is 4.66. The third kappa shape index (κ3) is 11.7. The minimum absolute atomic E-state index is 0.234. The van der Waals surface area contributed by atoms with Crippen LogP contribution in [0.2, 0.25) is 0 Å². The molecule has 0 heterocycles. The van der Waals surface area contributed by atoms with E-state index in [1.807, 2.05) is 0 Å². The van der Waals surface area contributed by atoms with Crippen LogP contribution >= 0.6 is 0 Å². The van der Waals surface area contributed by atoms with Gasteiger partial charge in [-0.25, -0.2) is 9.78 Å². The average molecular weight is 286 g/mol. The van der Waals surface area contributed by atoms with Gasteiger partial charge >= 0.3 is 0 Å². The van der Waals surface area contributed by atoms with Gasteiger partial charge in [0.1, 0.15) is 0 Å². The van der Waals surface area contributed by atoms with Crippen LogP contribution in [-0.4, -0.2) is 13.2 Å². The molecule has 0 aromatic carbocycles. The Labute approximate surface area is 127 Å². The summed E-state index contributed by atoms with van der Waals surface area (Å²) < 4.78 is 0. The topological polar surface area (TPSA) is 18.5 Å². The Bertz CT molecular complexity index is 182. The molecular formula is C18H38O2. The maximum absolute atomic E-state index is 5.36. The predicted molar refractivity (Wildman–Crippen MR) is 87.8 cm³/mol. The van der Waals surface area contributed by atoms with Crippen molar-refractivity contribution in [3.8, 4) is 0 Å². The third-order valence-electron chi connectivity index (χ3n) is 4.27. The monoisotopic (exact) mass is 286 g/mol. The summed E-state index contributed by atoms with van der Waals surface area (Å²) in [4.78, 5) is 10.2. The Balaban J connectivity index is 3.80. The van der Waals surface area contributed by atoms with Crippen LogP contribution in [0.1, 0.15) is 97.8 Å². The smallest absolute Gasteiger partial charge is 0.0929 e. The van der Waals surface area contributed by atoms with Gasteiger partial charge in [0.15, 0.2) is 0 Å². The van der Waals surface area contributed by atoms with E-state index in [0.717, 1.165) is 0 Å². The normalized spacial score (nSPS) is 14.4. The molecule has 0 aliphatic rings. The highest BCUT2D eigenvalue weighted by Gasteiger charge is 2.17. The number of unbranched alkanes of at least 4 members (excludes halogenated alkanes) is 8. The first-order valence-corrected chi connectivity index (χ1v) is 8.95. The molecule has 2 atom stereocenters. The van der Waals surface area contributed by atoms with E-state index in [1.54, 1.807) is 7.11 Å². The number of hydrogen-bond donors (Lipinski definition) is 0. The zero-order valence-corrected chi connectivity index (χ0v) is 14.5. The van der Waals surface area contributed by atoms with E-state index in [0.29, 0.717) is 5.92 Å². The molecule has 0 amide bonds. The van der Waals surface area contributed by atoms with Gasteiger partial charge in [-0.3, -0.25) is 0 Å². The van der Waals surface area contributed by atoms with Gasteiger partial charge in [0, 0.05) is 0 Å². The van der Waals surface area contributed by atoms with Gasteiger partial charge in [-0.05, 0) is 25.7 Å². The van der Waals surface area contributed by atoms with E-state index in [9.17, 15) is 0 Å². The van der Waals surface area contributed by atoms with Gasteiger partial charge < -0.3 is 0 Å². The fraction of sp³-hybridized carbons (Fsp3) is 1.00. The summed E-state index contributed by atoms with van der Waals surface area (Å²) in [5.74, 6) is 0.665. The largest absolute Gasteiger partial charge is 0.240 e. The Morgan fingerprint density at radius 1 is 0.700 bits per heavy atom. The molecule has 0 aromatic heterocycles. The van der Waals surface area contributed by atoms with Crippen molar-refractivity contribution in [3.63, 3.8) is 0 Å². The summed E-state index contributed by atoms with van der Waals surface area (Å²) in [6.45, 7) is 6.70. The van der Waals surface area contributed by atoms with Crippen LogP contribution < -0.4 is 0 Å². The van der Waals surface area contributed by atoms with Crippen molar-refractivity contribution < 1.29 is 9.78 Å². The molecule has 122 valence electrons. The molecule has 0 fully saturated rings. The van der Waals surface area contributed by atoms with E-state index < -0.39 is 0 Å². The summed E-state index contributed by atoms with van der Waals surface area (Å²) >= 11 is 0. The first kappa shape index (κ1) is 19.9. The lowest BCUT2D eigenvalue weighted by Crippen LogP contribution is -2.20. The molecule has 0 aliphatic heterocycles. The maximum Gasteiger partial charge on any atom is 0.0929 e. The average Bonchev–Trinajstić information content (AvgIpc) is 2.45. The van der Waals surface area contributed by atoms with Gasteiger partial charge in [0.2, 0.25) is 0 Å². The lowest BCUT2D eigenvalue weighted by molar-refractivity contribution is -0.311. The first-order valence-electron chi connectivity index (χ1n) is 8.95. The molecule has 0 aromatic rings. The lowest BCUT2D eigenvalue weighted by atomic mass is 9.90. The van der Waals surface area contributed by atoms with Crippen LogP contribution in [0, 0.1) is 5.92 Å². The highest BCUT2D eigenvalue weighted by Crippen LogP contribution is 2.23. The van der Waals surface area contributed by atoms with Gasteiger partial charge in [-0.2, -0.15) is 0 Å². The first-order chi connectivity index (χ1) is 9.76. The zero-order chi connectivity index (χ0) is 15.1. The second-order valence-electron chi connectivity index (χ2n) is 6.13. The number of rotatable bonds is 15. The summed E-state index contributed by atoms with van der Waals surface area (Å²) in [5.41, 5.74) is 0. The predicted octanol–water partition coefficient (Wildman–Crippen LogP) is 6.29. The minimum Gasteiger partial charge on any atom is -0.240 e. The van der Waals surface area contributed by atoms with Crippen LogP contribution in [0.3, 0.4) is 0 Å². The Kier molecular flexibility index (Phi) is 15.3. The molecule has 0 aliphatic carbocycles. The van der Waals surface area contributed by atoms with E-state index >= 15 is 0 Å². The molecule has 0 N–H and O–H groups in total. The molecule has 0 spiro atoms. The zero-order valence-electron chi connectivity index (χ0n) is 14.5. The standard InChI is InChI=1S/C18H38O2/c1-5-7-9-11-12-14-16-18(17(3)20-19-4)15-13-10-8-6-2/h17-18H,5-16H2,1-4H3. The summed E-state index contributed by atoms with van der Waals surface area (Å²) in [6, 6.07) is 0. The number of hydrogen-bond acceptors (Lipinski definition) is 2. The summed E-state index contributed by atoms with van der Waals surface area (Å²) in [5, 5.41) is 0. The van der Waals surface area contributed by atoms with Crippen molar-refractivity contribution in [2.45, 2.75) is 104 Å². The molecule has 2 unspecified atom stereocenters. The molecule has 0 rings (SSSR count). The minimum atomic E-state index is 0.234. The van der Waals surface area contributed by atoms with Crippen molar-refractivity contribution in [2.24, 2.45) is 5.92 Å². The molecule has 0 bridgehead atoms. The van der Waals surface area contributed by atoms with Gasteiger partial charge in [0.05, 0.1) is 13.2 Å². The SMILES string of the molecule is CCCCCCCCC(CCCCCC)C(C)OOC. The second kappa shape index (κ2) is 15.3. The van der Waals surface area contributed by atoms with Crippen LogP contribution in [-0.2, 0) is 9.78 Å². The molecule has 2 nitrogen and oxygen atoms in total. The van der Waals surface area contributed by atoms with Gasteiger partial charge in [-0.1, -0.05) is 78.1 Å². The van der Waals surface area contributed by atoms with Crippen LogP contribution in [0.25, 0.3) is 0 Å². The molecule has 0 radical (unpaired) electrons. The van der Waals surface area contributed by atoms with Crippen molar-refractivity contribution in [3.05, 3.63) is 0 Å². The molecule has 0 saturated carbocycles. The summed E-state index contributed by atoms with van der Waals surface area (Å²) in [7, 11) is 1.62. The third-order valence-corrected chi connectivity index (χ3v) is 4.27. The van der Waals surface area contributed by atoms with Crippen LogP contribution in [0.4, 0.5) is 0 Å². The maximum atomic E-state index is 5.36. The Morgan fingerprint density at radius 2 is 1.15 bits per heavy atom. The van der Waals surface area contributed by atoms with Crippen molar-refractivity contribution in [1.82, 2.24) is 0 Å². The van der Waals surface area contributed by atoms with E-state index in [4.69, 9.17) is 9.78 Å². The quantitative estimate of drug-likeness (QED) is 0.200. The lowest BCUT2D eigenvalue weighted by Gasteiger charge is -2.22. The van der Waals surface area contributed by atoms with Crippen LogP contribution in [0.5, 0.6) is 0 Å². The van der Waals surface area contributed by atoms with Gasteiger partial charge in [-0.15, -0.1) is 0 Å². The van der Waals surface area contributed by atoms with E-state index in [1.165, 1.54) is 77.0 Å². The molecular weight excluding hydrogens is 248 g/mol.